The molecule has 0 aliphatic carbocycles. The van der Waals surface area contributed by atoms with Crippen LogP contribution in [-0.4, -0.2) is 45.1 Å². The minimum absolute atomic E-state index is 0.0224. The summed E-state index contributed by atoms with van der Waals surface area (Å²) in [5.41, 5.74) is 0.556. The summed E-state index contributed by atoms with van der Waals surface area (Å²) < 4.78 is 29.5. The molecule has 1 heterocycles. The van der Waals surface area contributed by atoms with Crippen LogP contribution in [0.4, 0.5) is 4.39 Å². The van der Waals surface area contributed by atoms with Crippen molar-refractivity contribution in [1.29, 1.82) is 0 Å². The van der Waals surface area contributed by atoms with E-state index in [0.717, 1.165) is 6.54 Å². The molecule has 0 unspecified atom stereocenters. The fraction of sp³-hybridized carbons (Fsp3) is 0.667. The summed E-state index contributed by atoms with van der Waals surface area (Å²) in [6.45, 7) is 7.18. The Morgan fingerprint density at radius 2 is 2.00 bits per heavy atom. The number of rotatable bonds is 11. The molecule has 0 atom stereocenters. The summed E-state index contributed by atoms with van der Waals surface area (Å²) in [4.78, 5) is 3.91. The average Bonchev–Trinajstić information content (AvgIpc) is 2.45. The van der Waals surface area contributed by atoms with Crippen molar-refractivity contribution in [1.82, 2.24) is 10.3 Å². The van der Waals surface area contributed by atoms with Crippen LogP contribution < -0.4 is 10.1 Å². The van der Waals surface area contributed by atoms with Crippen LogP contribution in [0.1, 0.15) is 19.4 Å². The maximum absolute atomic E-state index is 14.1. The van der Waals surface area contributed by atoms with Gasteiger partial charge in [-0.1, -0.05) is 13.8 Å². The topological polar surface area (TPSA) is 52.6 Å². The number of halogens is 1. The SMILES string of the molecule is COCCOCCOc1nccc(CNCC(C)C)c1F. The highest BCUT2D eigenvalue weighted by Crippen LogP contribution is 2.17. The van der Waals surface area contributed by atoms with Crippen molar-refractivity contribution in [2.24, 2.45) is 5.92 Å². The van der Waals surface area contributed by atoms with Crippen molar-refractivity contribution in [3.05, 3.63) is 23.6 Å². The molecule has 1 aromatic heterocycles. The Hall–Kier alpha value is -1.24. The molecule has 1 N–H and O–H groups in total. The van der Waals surface area contributed by atoms with Crippen LogP contribution in [0, 0.1) is 11.7 Å². The number of nitrogens with zero attached hydrogens (tertiary/aromatic N) is 1. The molecule has 120 valence electrons. The quantitative estimate of drug-likeness (QED) is 0.634. The third-order valence-corrected chi connectivity index (χ3v) is 2.70. The van der Waals surface area contributed by atoms with Crippen molar-refractivity contribution in [3.8, 4) is 5.88 Å². The van der Waals surface area contributed by atoms with E-state index in [1.165, 1.54) is 0 Å². The average molecular weight is 300 g/mol. The second-order valence-corrected chi connectivity index (χ2v) is 5.07. The largest absolute Gasteiger partial charge is 0.473 e. The van der Waals surface area contributed by atoms with Crippen LogP contribution >= 0.6 is 0 Å². The standard InChI is InChI=1S/C15H25FN2O3/c1-12(2)10-17-11-13-4-5-18-15(14(13)16)21-9-8-20-7-6-19-3/h4-5,12,17H,6-11H2,1-3H3. The number of ether oxygens (including phenoxy) is 3. The van der Waals surface area contributed by atoms with E-state index >= 15 is 0 Å². The Labute approximate surface area is 125 Å². The first-order valence-corrected chi connectivity index (χ1v) is 7.18. The van der Waals surface area contributed by atoms with Crippen molar-refractivity contribution in [2.75, 3.05) is 40.1 Å². The Balaban J connectivity index is 2.37. The minimum Gasteiger partial charge on any atom is -0.473 e. The van der Waals surface area contributed by atoms with Crippen LogP contribution in [0.25, 0.3) is 0 Å². The molecule has 0 spiro atoms. The van der Waals surface area contributed by atoms with Gasteiger partial charge in [-0.05, 0) is 18.5 Å². The van der Waals surface area contributed by atoms with Gasteiger partial charge in [0.2, 0.25) is 0 Å². The zero-order valence-corrected chi connectivity index (χ0v) is 13.0. The van der Waals surface area contributed by atoms with E-state index in [-0.39, 0.29) is 12.5 Å². The number of nitrogens with one attached hydrogen (secondary N) is 1. The van der Waals surface area contributed by atoms with Gasteiger partial charge in [0.25, 0.3) is 5.88 Å². The fourth-order valence-electron chi connectivity index (χ4n) is 1.64. The Morgan fingerprint density at radius 1 is 1.24 bits per heavy atom. The second kappa shape index (κ2) is 10.5. The minimum atomic E-state index is -0.411. The predicted octanol–water partition coefficient (Wildman–Crippen LogP) is 2.01. The third kappa shape index (κ3) is 7.36. The second-order valence-electron chi connectivity index (χ2n) is 5.07. The van der Waals surface area contributed by atoms with E-state index in [1.807, 2.05) is 0 Å². The van der Waals surface area contributed by atoms with Crippen molar-refractivity contribution in [3.63, 3.8) is 0 Å². The van der Waals surface area contributed by atoms with Crippen molar-refractivity contribution < 1.29 is 18.6 Å². The molecule has 6 heteroatoms. The van der Waals surface area contributed by atoms with Gasteiger partial charge in [-0.25, -0.2) is 9.37 Å². The van der Waals surface area contributed by atoms with E-state index in [0.29, 0.717) is 37.8 Å². The number of aromatic nitrogens is 1. The molecule has 0 aliphatic heterocycles. The molecule has 0 bridgehead atoms. The number of hydrogen-bond donors (Lipinski definition) is 1. The highest BCUT2D eigenvalue weighted by molar-refractivity contribution is 5.23. The van der Waals surface area contributed by atoms with E-state index in [4.69, 9.17) is 14.2 Å². The van der Waals surface area contributed by atoms with Gasteiger partial charge < -0.3 is 19.5 Å². The van der Waals surface area contributed by atoms with Crippen LogP contribution in [0.2, 0.25) is 0 Å². The highest BCUT2D eigenvalue weighted by Gasteiger charge is 2.10. The lowest BCUT2D eigenvalue weighted by Crippen LogP contribution is -2.20. The van der Waals surface area contributed by atoms with Crippen molar-refractivity contribution >= 4 is 0 Å². The molecule has 0 radical (unpaired) electrons. The number of hydrogen-bond acceptors (Lipinski definition) is 5. The van der Waals surface area contributed by atoms with Crippen LogP contribution in [0.15, 0.2) is 12.3 Å². The van der Waals surface area contributed by atoms with Gasteiger partial charge in [-0.15, -0.1) is 0 Å². The van der Waals surface area contributed by atoms with Crippen LogP contribution in [-0.2, 0) is 16.0 Å². The van der Waals surface area contributed by atoms with E-state index in [9.17, 15) is 4.39 Å². The van der Waals surface area contributed by atoms with Gasteiger partial charge in [0.1, 0.15) is 6.61 Å². The first-order valence-electron chi connectivity index (χ1n) is 7.18. The number of methoxy groups -OCH3 is 1. The molecule has 0 aromatic carbocycles. The zero-order valence-electron chi connectivity index (χ0n) is 13.0. The lowest BCUT2D eigenvalue weighted by molar-refractivity contribution is 0.0529. The molecule has 21 heavy (non-hydrogen) atoms. The van der Waals surface area contributed by atoms with Gasteiger partial charge in [0.15, 0.2) is 5.82 Å². The van der Waals surface area contributed by atoms with Gasteiger partial charge in [0.05, 0.1) is 19.8 Å². The van der Waals surface area contributed by atoms with Gasteiger partial charge in [-0.3, -0.25) is 0 Å². The summed E-state index contributed by atoms with van der Waals surface area (Å²) in [7, 11) is 1.61. The lowest BCUT2D eigenvalue weighted by Gasteiger charge is -2.11. The maximum Gasteiger partial charge on any atom is 0.250 e. The molecule has 0 saturated carbocycles. The molecule has 1 rings (SSSR count). The summed E-state index contributed by atoms with van der Waals surface area (Å²) in [5.74, 6) is 0.134. The molecule has 0 amide bonds. The maximum atomic E-state index is 14.1. The summed E-state index contributed by atoms with van der Waals surface area (Å²) in [6, 6.07) is 1.66. The van der Waals surface area contributed by atoms with Crippen LogP contribution in [0.5, 0.6) is 5.88 Å². The zero-order chi connectivity index (χ0) is 15.5. The van der Waals surface area contributed by atoms with E-state index in [1.54, 1.807) is 19.4 Å². The summed E-state index contributed by atoms with van der Waals surface area (Å²) >= 11 is 0. The molecule has 5 nitrogen and oxygen atoms in total. The van der Waals surface area contributed by atoms with Gasteiger partial charge in [-0.2, -0.15) is 0 Å². The van der Waals surface area contributed by atoms with E-state index < -0.39 is 5.82 Å². The predicted molar refractivity (Wildman–Crippen MR) is 78.9 cm³/mol. The molecular weight excluding hydrogens is 275 g/mol. The first-order chi connectivity index (χ1) is 10.1. The van der Waals surface area contributed by atoms with Gasteiger partial charge in [0, 0.05) is 25.4 Å². The Bertz CT molecular complexity index is 403. The monoisotopic (exact) mass is 300 g/mol. The third-order valence-electron chi connectivity index (χ3n) is 2.70. The molecule has 0 fully saturated rings. The van der Waals surface area contributed by atoms with Crippen molar-refractivity contribution in [2.45, 2.75) is 20.4 Å². The molecular formula is C15H25FN2O3. The normalized spacial score (nSPS) is 11.1. The Kier molecular flexibility index (Phi) is 8.89. The fourth-order valence-corrected chi connectivity index (χ4v) is 1.64. The summed E-state index contributed by atoms with van der Waals surface area (Å²) in [6.07, 6.45) is 1.55. The first kappa shape index (κ1) is 17.8. The number of pyridine rings is 1. The highest BCUT2D eigenvalue weighted by atomic mass is 19.1. The molecule has 0 aliphatic rings. The molecule has 0 saturated heterocycles. The van der Waals surface area contributed by atoms with Crippen LogP contribution in [0.3, 0.4) is 0 Å². The lowest BCUT2D eigenvalue weighted by atomic mass is 10.2. The Morgan fingerprint density at radius 3 is 2.71 bits per heavy atom. The van der Waals surface area contributed by atoms with Gasteiger partial charge >= 0.3 is 0 Å². The summed E-state index contributed by atoms with van der Waals surface area (Å²) in [5, 5.41) is 3.20. The molecule has 1 aromatic rings. The van der Waals surface area contributed by atoms with E-state index in [2.05, 4.69) is 24.1 Å². The smallest absolute Gasteiger partial charge is 0.250 e.